The van der Waals surface area contributed by atoms with Crippen molar-refractivity contribution in [3.8, 4) is 0 Å². The first kappa shape index (κ1) is 13.1. The Labute approximate surface area is 119 Å². The van der Waals surface area contributed by atoms with Crippen LogP contribution < -0.4 is 10.9 Å². The number of nitrogens with zero attached hydrogens (tertiary/aromatic N) is 1. The van der Waals surface area contributed by atoms with E-state index in [2.05, 4.69) is 15.3 Å². The van der Waals surface area contributed by atoms with Crippen molar-refractivity contribution >= 4 is 22.7 Å². The highest BCUT2D eigenvalue weighted by atomic mass is 16.3. The monoisotopic (exact) mass is 283 g/mol. The molecule has 21 heavy (non-hydrogen) atoms. The van der Waals surface area contributed by atoms with Crippen LogP contribution in [0.1, 0.15) is 21.7 Å². The Balaban J connectivity index is 2.04. The zero-order valence-electron chi connectivity index (χ0n) is 11.6. The third-order valence-electron chi connectivity index (χ3n) is 3.21. The van der Waals surface area contributed by atoms with Gasteiger partial charge in [-0.25, -0.2) is 4.98 Å². The molecule has 0 atom stereocenters. The molecular formula is C15H13N3O3. The summed E-state index contributed by atoms with van der Waals surface area (Å²) in [6, 6.07) is 7.38. The van der Waals surface area contributed by atoms with Crippen LogP contribution in [0.25, 0.3) is 11.1 Å². The molecule has 3 aromatic rings. The van der Waals surface area contributed by atoms with E-state index in [0.717, 1.165) is 5.56 Å². The third-order valence-corrected chi connectivity index (χ3v) is 3.21. The third kappa shape index (κ3) is 2.31. The molecule has 0 spiro atoms. The number of anilines is 1. The molecule has 0 unspecified atom stereocenters. The van der Waals surface area contributed by atoms with E-state index in [4.69, 9.17) is 4.42 Å². The van der Waals surface area contributed by atoms with Gasteiger partial charge in [-0.1, -0.05) is 17.7 Å². The second kappa shape index (κ2) is 4.90. The van der Waals surface area contributed by atoms with E-state index in [1.165, 1.54) is 6.33 Å². The Kier molecular flexibility index (Phi) is 3.06. The number of aromatic nitrogens is 2. The van der Waals surface area contributed by atoms with Crippen LogP contribution >= 0.6 is 0 Å². The molecule has 106 valence electrons. The van der Waals surface area contributed by atoms with Crippen LogP contribution in [0.4, 0.5) is 5.69 Å². The van der Waals surface area contributed by atoms with Crippen molar-refractivity contribution in [3.63, 3.8) is 0 Å². The van der Waals surface area contributed by atoms with Gasteiger partial charge >= 0.3 is 0 Å². The van der Waals surface area contributed by atoms with Gasteiger partial charge in [0.25, 0.3) is 11.5 Å². The summed E-state index contributed by atoms with van der Waals surface area (Å²) in [5, 5.41) is 2.92. The SMILES string of the molecule is Cc1ccc(NC(=O)c2c(C)oc3nc[nH]c(=O)c23)cc1. The molecule has 1 amide bonds. The minimum absolute atomic E-state index is 0.158. The molecule has 0 aliphatic carbocycles. The van der Waals surface area contributed by atoms with Gasteiger partial charge in [-0.05, 0) is 26.0 Å². The van der Waals surface area contributed by atoms with Crippen LogP contribution in [0.2, 0.25) is 0 Å². The number of H-pyrrole nitrogens is 1. The Morgan fingerprint density at radius 2 is 1.95 bits per heavy atom. The van der Waals surface area contributed by atoms with E-state index in [1.807, 2.05) is 19.1 Å². The number of nitrogens with one attached hydrogen (secondary N) is 2. The summed E-state index contributed by atoms with van der Waals surface area (Å²) in [6.07, 6.45) is 1.25. The Morgan fingerprint density at radius 1 is 1.24 bits per heavy atom. The van der Waals surface area contributed by atoms with E-state index in [1.54, 1.807) is 19.1 Å². The second-order valence-corrected chi connectivity index (χ2v) is 4.77. The second-order valence-electron chi connectivity index (χ2n) is 4.77. The van der Waals surface area contributed by atoms with Gasteiger partial charge in [0.05, 0.1) is 11.9 Å². The van der Waals surface area contributed by atoms with Crippen molar-refractivity contribution < 1.29 is 9.21 Å². The van der Waals surface area contributed by atoms with E-state index in [-0.39, 0.29) is 16.7 Å². The fourth-order valence-electron chi connectivity index (χ4n) is 2.16. The predicted octanol–water partition coefficient (Wildman–Crippen LogP) is 2.39. The van der Waals surface area contributed by atoms with Crippen molar-refractivity contribution in [2.75, 3.05) is 5.32 Å². The Hall–Kier alpha value is -2.89. The molecule has 0 saturated carbocycles. The number of carbonyl (C=O) groups excluding carboxylic acids is 1. The van der Waals surface area contributed by atoms with Gasteiger partial charge in [-0.2, -0.15) is 0 Å². The molecule has 2 aromatic heterocycles. The fraction of sp³-hybridized carbons (Fsp3) is 0.133. The number of carbonyl (C=O) groups is 1. The summed E-state index contributed by atoms with van der Waals surface area (Å²) in [4.78, 5) is 30.6. The number of fused-ring (bicyclic) bond motifs is 1. The van der Waals surface area contributed by atoms with Gasteiger partial charge in [0, 0.05) is 5.69 Å². The van der Waals surface area contributed by atoms with Crippen LogP contribution in [0, 0.1) is 13.8 Å². The van der Waals surface area contributed by atoms with E-state index in [9.17, 15) is 9.59 Å². The molecule has 0 aliphatic heterocycles. The number of amides is 1. The van der Waals surface area contributed by atoms with Gasteiger partial charge in [-0.15, -0.1) is 0 Å². The number of rotatable bonds is 2. The number of aromatic amines is 1. The summed E-state index contributed by atoms with van der Waals surface area (Å²) < 4.78 is 5.37. The molecule has 0 bridgehead atoms. The lowest BCUT2D eigenvalue weighted by Crippen LogP contribution is -2.16. The first-order valence-corrected chi connectivity index (χ1v) is 6.41. The van der Waals surface area contributed by atoms with Gasteiger partial charge in [-0.3, -0.25) is 9.59 Å². The summed E-state index contributed by atoms with van der Waals surface area (Å²) in [6.45, 7) is 3.59. The molecule has 1 aromatic carbocycles. The van der Waals surface area contributed by atoms with E-state index < -0.39 is 11.5 Å². The normalized spacial score (nSPS) is 10.8. The van der Waals surface area contributed by atoms with Crippen molar-refractivity contribution in [1.82, 2.24) is 9.97 Å². The average Bonchev–Trinajstić information content (AvgIpc) is 2.79. The molecule has 6 nitrogen and oxygen atoms in total. The predicted molar refractivity (Wildman–Crippen MR) is 78.5 cm³/mol. The van der Waals surface area contributed by atoms with Crippen molar-refractivity contribution in [1.29, 1.82) is 0 Å². The van der Waals surface area contributed by atoms with Crippen molar-refractivity contribution in [2.24, 2.45) is 0 Å². The van der Waals surface area contributed by atoms with Gasteiger partial charge < -0.3 is 14.7 Å². The fourth-order valence-corrected chi connectivity index (χ4v) is 2.16. The standard InChI is InChI=1S/C15H13N3O3/c1-8-3-5-10(6-4-8)18-14(20)11-9(2)21-15-12(11)13(19)16-7-17-15/h3-7H,1-2H3,(H,18,20)(H,16,17,19). The van der Waals surface area contributed by atoms with Crippen LogP contribution in [0.3, 0.4) is 0 Å². The minimum Gasteiger partial charge on any atom is -0.442 e. The van der Waals surface area contributed by atoms with E-state index >= 15 is 0 Å². The number of aryl methyl sites for hydroxylation is 2. The smallest absolute Gasteiger partial charge is 0.262 e. The molecule has 0 aliphatic rings. The summed E-state index contributed by atoms with van der Waals surface area (Å²) in [5.41, 5.74) is 1.72. The number of benzene rings is 1. The lowest BCUT2D eigenvalue weighted by molar-refractivity contribution is 0.102. The number of hydrogen-bond acceptors (Lipinski definition) is 4. The highest BCUT2D eigenvalue weighted by Gasteiger charge is 2.21. The zero-order chi connectivity index (χ0) is 15.0. The molecule has 0 saturated heterocycles. The molecule has 0 fully saturated rings. The van der Waals surface area contributed by atoms with Gasteiger partial charge in [0.15, 0.2) is 0 Å². The van der Waals surface area contributed by atoms with Crippen LogP contribution in [0.5, 0.6) is 0 Å². The average molecular weight is 283 g/mol. The highest BCUT2D eigenvalue weighted by molar-refractivity contribution is 6.12. The number of hydrogen-bond donors (Lipinski definition) is 2. The minimum atomic E-state index is -0.397. The maximum Gasteiger partial charge on any atom is 0.262 e. The molecular weight excluding hydrogens is 270 g/mol. The summed E-state index contributed by atoms with van der Waals surface area (Å²) in [5.74, 6) is -0.0348. The van der Waals surface area contributed by atoms with Crippen molar-refractivity contribution in [2.45, 2.75) is 13.8 Å². The first-order valence-electron chi connectivity index (χ1n) is 6.41. The molecule has 2 heterocycles. The van der Waals surface area contributed by atoms with Gasteiger partial charge in [0.2, 0.25) is 5.71 Å². The molecule has 0 radical (unpaired) electrons. The first-order chi connectivity index (χ1) is 10.1. The van der Waals surface area contributed by atoms with Crippen LogP contribution in [-0.2, 0) is 0 Å². The molecule has 3 rings (SSSR count). The highest BCUT2D eigenvalue weighted by Crippen LogP contribution is 2.21. The van der Waals surface area contributed by atoms with Crippen LogP contribution in [-0.4, -0.2) is 15.9 Å². The summed E-state index contributed by atoms with van der Waals surface area (Å²) >= 11 is 0. The van der Waals surface area contributed by atoms with Crippen molar-refractivity contribution in [3.05, 3.63) is 57.8 Å². The van der Waals surface area contributed by atoms with Gasteiger partial charge in [0.1, 0.15) is 11.1 Å². The quantitative estimate of drug-likeness (QED) is 0.755. The lowest BCUT2D eigenvalue weighted by atomic mass is 10.1. The summed E-state index contributed by atoms with van der Waals surface area (Å²) in [7, 11) is 0. The largest absolute Gasteiger partial charge is 0.442 e. The maximum atomic E-state index is 12.4. The van der Waals surface area contributed by atoms with E-state index in [0.29, 0.717) is 11.4 Å². The lowest BCUT2D eigenvalue weighted by Gasteiger charge is -2.04. The molecule has 2 N–H and O–H groups in total. The van der Waals surface area contributed by atoms with Crippen LogP contribution in [0.15, 0.2) is 39.8 Å². The maximum absolute atomic E-state index is 12.4. The zero-order valence-corrected chi connectivity index (χ0v) is 11.6. The molecule has 6 heteroatoms. The number of furan rings is 1. The Morgan fingerprint density at radius 3 is 2.67 bits per heavy atom. The Bertz CT molecular complexity index is 875. The topological polar surface area (TPSA) is 88.0 Å².